The Bertz CT molecular complexity index is 1170. The lowest BCUT2D eigenvalue weighted by Crippen LogP contribution is -2.22. The molecule has 0 fully saturated rings. The number of anilines is 1. The fourth-order valence-electron chi connectivity index (χ4n) is 3.19. The van der Waals surface area contributed by atoms with Crippen LogP contribution in [0.2, 0.25) is 0 Å². The highest BCUT2D eigenvalue weighted by atomic mass is 79.9. The molecule has 0 unspecified atom stereocenters. The van der Waals surface area contributed by atoms with Crippen molar-refractivity contribution in [2.24, 2.45) is 0 Å². The van der Waals surface area contributed by atoms with Crippen LogP contribution in [0.4, 0.5) is 5.69 Å². The molecule has 0 saturated carbocycles. The van der Waals surface area contributed by atoms with Gasteiger partial charge in [-0.3, -0.25) is 9.59 Å². The average molecular weight is 528 g/mol. The number of carbonyl (C=O) groups is 2. The number of nitrogens with one attached hydrogen (secondary N) is 2. The van der Waals surface area contributed by atoms with Crippen molar-refractivity contribution in [3.63, 3.8) is 0 Å². The van der Waals surface area contributed by atoms with Crippen molar-refractivity contribution in [2.75, 3.05) is 5.32 Å². The van der Waals surface area contributed by atoms with Gasteiger partial charge in [-0.1, -0.05) is 30.3 Å². The Morgan fingerprint density at radius 1 is 1.03 bits per heavy atom. The lowest BCUT2D eigenvalue weighted by Gasteiger charge is -2.07. The van der Waals surface area contributed by atoms with E-state index in [0.717, 1.165) is 11.1 Å². The van der Waals surface area contributed by atoms with Gasteiger partial charge in [0.05, 0.1) is 8.95 Å². The van der Waals surface area contributed by atoms with Crippen molar-refractivity contribution in [3.05, 3.63) is 91.9 Å². The van der Waals surface area contributed by atoms with Gasteiger partial charge in [-0.05, 0) is 79.4 Å². The van der Waals surface area contributed by atoms with E-state index in [2.05, 4.69) is 42.5 Å². The van der Waals surface area contributed by atoms with E-state index in [1.165, 1.54) is 0 Å². The molecule has 3 N–H and O–H groups in total. The quantitative estimate of drug-likeness (QED) is 0.401. The van der Waals surface area contributed by atoms with Gasteiger partial charge in [0.1, 0.15) is 5.75 Å². The van der Waals surface area contributed by atoms with Crippen LogP contribution in [0, 0.1) is 0 Å². The van der Waals surface area contributed by atoms with E-state index >= 15 is 0 Å². The minimum absolute atomic E-state index is 0.0887. The number of aromatic hydroxyl groups is 1. The number of rotatable bonds is 4. The van der Waals surface area contributed by atoms with Crippen molar-refractivity contribution < 1.29 is 14.7 Å². The molecule has 5 nitrogen and oxygen atoms in total. The topological polar surface area (TPSA) is 78.4 Å². The Kier molecular flexibility index (Phi) is 5.74. The Morgan fingerprint density at radius 3 is 2.43 bits per heavy atom. The molecule has 3 aromatic rings. The fraction of sp³-hybridized carbons (Fsp3) is 0.0435. The maximum absolute atomic E-state index is 12.6. The molecule has 1 aliphatic rings. The van der Waals surface area contributed by atoms with E-state index in [1.54, 1.807) is 36.4 Å². The van der Waals surface area contributed by atoms with Gasteiger partial charge in [0, 0.05) is 28.9 Å². The molecule has 2 amide bonds. The number of fused-ring (bicyclic) bond motifs is 1. The first-order valence-corrected chi connectivity index (χ1v) is 10.7. The van der Waals surface area contributed by atoms with Crippen molar-refractivity contribution in [1.82, 2.24) is 5.32 Å². The molecular weight excluding hydrogens is 512 g/mol. The second-order valence-electron chi connectivity index (χ2n) is 6.77. The van der Waals surface area contributed by atoms with Crippen molar-refractivity contribution in [1.29, 1.82) is 0 Å². The molecule has 1 aliphatic heterocycles. The van der Waals surface area contributed by atoms with Crippen molar-refractivity contribution >= 4 is 61.0 Å². The van der Waals surface area contributed by atoms with Gasteiger partial charge in [-0.15, -0.1) is 0 Å². The largest absolute Gasteiger partial charge is 0.506 e. The van der Waals surface area contributed by atoms with E-state index in [9.17, 15) is 14.7 Å². The normalized spacial score (nSPS) is 13.8. The monoisotopic (exact) mass is 526 g/mol. The number of phenolic OH excluding ortho intramolecular Hbond substituents is 1. The molecule has 0 aromatic heterocycles. The summed E-state index contributed by atoms with van der Waals surface area (Å²) in [6, 6.07) is 18.2. The van der Waals surface area contributed by atoms with Crippen molar-refractivity contribution in [3.8, 4) is 5.75 Å². The number of carbonyl (C=O) groups excluding carboxylic acids is 2. The Morgan fingerprint density at radius 2 is 1.73 bits per heavy atom. The summed E-state index contributed by atoms with van der Waals surface area (Å²) in [5.74, 6) is -0.367. The fourth-order valence-corrected chi connectivity index (χ4v) is 4.41. The van der Waals surface area contributed by atoms with Crippen LogP contribution in [0.25, 0.3) is 11.6 Å². The van der Waals surface area contributed by atoms with Gasteiger partial charge in [0.25, 0.3) is 11.8 Å². The number of phenols is 1. The van der Waals surface area contributed by atoms with Gasteiger partial charge in [-0.25, -0.2) is 0 Å². The zero-order valence-electron chi connectivity index (χ0n) is 15.6. The first-order chi connectivity index (χ1) is 14.4. The van der Waals surface area contributed by atoms with Gasteiger partial charge < -0.3 is 15.7 Å². The van der Waals surface area contributed by atoms with E-state index < -0.39 is 0 Å². The van der Waals surface area contributed by atoms with Crippen LogP contribution in [-0.2, 0) is 11.3 Å². The van der Waals surface area contributed by atoms with E-state index in [1.807, 2.05) is 30.3 Å². The highest BCUT2D eigenvalue weighted by Crippen LogP contribution is 2.37. The minimum Gasteiger partial charge on any atom is -0.506 e. The van der Waals surface area contributed by atoms with Gasteiger partial charge in [0.15, 0.2) is 0 Å². The first-order valence-electron chi connectivity index (χ1n) is 9.10. The summed E-state index contributed by atoms with van der Waals surface area (Å²) in [5, 5.41) is 15.6. The molecule has 0 atom stereocenters. The SMILES string of the molecule is O=C1Nc2ccc(C(=O)NCc3ccccc3)cc2C1=Cc1cc(Br)c(O)c(Br)c1. The number of amides is 2. The van der Waals surface area contributed by atoms with Crippen LogP contribution < -0.4 is 10.6 Å². The predicted octanol–water partition coefficient (Wildman–Crippen LogP) is 5.34. The molecule has 0 aliphatic carbocycles. The zero-order chi connectivity index (χ0) is 21.3. The van der Waals surface area contributed by atoms with Crippen LogP contribution in [0.1, 0.15) is 27.0 Å². The second kappa shape index (κ2) is 8.45. The van der Waals surface area contributed by atoms with Crippen molar-refractivity contribution in [2.45, 2.75) is 6.54 Å². The van der Waals surface area contributed by atoms with E-state index in [4.69, 9.17) is 0 Å². The third kappa shape index (κ3) is 4.17. The number of halogens is 2. The maximum Gasteiger partial charge on any atom is 0.256 e. The summed E-state index contributed by atoms with van der Waals surface area (Å²) in [7, 11) is 0. The van der Waals surface area contributed by atoms with Crippen LogP contribution in [-0.4, -0.2) is 16.9 Å². The highest BCUT2D eigenvalue weighted by Gasteiger charge is 2.25. The molecule has 3 aromatic carbocycles. The third-order valence-corrected chi connectivity index (χ3v) is 5.92. The summed E-state index contributed by atoms with van der Waals surface area (Å²) >= 11 is 6.60. The van der Waals surface area contributed by atoms with Gasteiger partial charge >= 0.3 is 0 Å². The average Bonchev–Trinajstić information content (AvgIpc) is 3.05. The van der Waals surface area contributed by atoms with Crippen LogP contribution in [0.5, 0.6) is 5.75 Å². The summed E-state index contributed by atoms with van der Waals surface area (Å²) in [6.45, 7) is 0.423. The molecule has 0 saturated heterocycles. The molecule has 150 valence electrons. The van der Waals surface area contributed by atoms with Gasteiger partial charge in [-0.2, -0.15) is 0 Å². The van der Waals surface area contributed by atoms with Crippen LogP contribution >= 0.6 is 31.9 Å². The number of hydrogen-bond donors (Lipinski definition) is 3. The molecule has 0 spiro atoms. The summed E-state index contributed by atoms with van der Waals surface area (Å²) in [6.07, 6.45) is 1.72. The molecule has 1 heterocycles. The summed E-state index contributed by atoms with van der Waals surface area (Å²) < 4.78 is 1.02. The number of benzene rings is 3. The second-order valence-corrected chi connectivity index (χ2v) is 8.48. The zero-order valence-corrected chi connectivity index (χ0v) is 18.7. The highest BCUT2D eigenvalue weighted by molar-refractivity contribution is 9.11. The molecule has 0 radical (unpaired) electrons. The smallest absolute Gasteiger partial charge is 0.256 e. The predicted molar refractivity (Wildman–Crippen MR) is 124 cm³/mol. The van der Waals surface area contributed by atoms with Crippen LogP contribution in [0.15, 0.2) is 69.6 Å². The standard InChI is InChI=1S/C23H16Br2N2O3/c24-18-9-14(10-19(25)21(18)28)8-17-16-11-15(6-7-20(16)27-23(17)30)22(29)26-12-13-4-2-1-3-5-13/h1-11,28H,12H2,(H,26,29)(H,27,30). The summed E-state index contributed by atoms with van der Waals surface area (Å²) in [5.41, 5.74) is 3.97. The molecule has 4 rings (SSSR count). The lowest BCUT2D eigenvalue weighted by atomic mass is 10.0. The Hall–Kier alpha value is -2.90. The molecule has 30 heavy (non-hydrogen) atoms. The Balaban J connectivity index is 1.62. The molecule has 0 bridgehead atoms. The third-order valence-electron chi connectivity index (χ3n) is 4.71. The number of hydrogen-bond acceptors (Lipinski definition) is 3. The summed E-state index contributed by atoms with van der Waals surface area (Å²) in [4.78, 5) is 25.1. The maximum atomic E-state index is 12.6. The lowest BCUT2D eigenvalue weighted by molar-refractivity contribution is -0.110. The van der Waals surface area contributed by atoms with Gasteiger partial charge in [0.2, 0.25) is 0 Å². The van der Waals surface area contributed by atoms with E-state index in [-0.39, 0.29) is 17.6 Å². The molecule has 7 heteroatoms. The minimum atomic E-state index is -0.243. The van der Waals surface area contributed by atoms with E-state index in [0.29, 0.717) is 37.9 Å². The first kappa shape index (κ1) is 20.4. The Labute approximate surface area is 190 Å². The molecular formula is C23H16Br2N2O3. The van der Waals surface area contributed by atoms with Crippen LogP contribution in [0.3, 0.4) is 0 Å².